The van der Waals surface area contributed by atoms with Gasteiger partial charge in [-0.15, -0.1) is 0 Å². The van der Waals surface area contributed by atoms with Gasteiger partial charge in [-0.3, -0.25) is 0 Å². The molecule has 5 nitrogen and oxygen atoms in total. The van der Waals surface area contributed by atoms with Crippen LogP contribution in [0.4, 0.5) is 5.69 Å². The van der Waals surface area contributed by atoms with Gasteiger partial charge in [-0.1, -0.05) is 12.1 Å². The maximum Gasteiger partial charge on any atom is 0.177 e. The zero-order valence-corrected chi connectivity index (χ0v) is 12.1. The summed E-state index contributed by atoms with van der Waals surface area (Å²) in [5.41, 5.74) is 6.39. The Hall–Kier alpha value is -1.11. The van der Waals surface area contributed by atoms with Crippen LogP contribution in [-0.2, 0) is 14.6 Å². The summed E-state index contributed by atoms with van der Waals surface area (Å²) in [5, 5.41) is 0. The van der Waals surface area contributed by atoms with Gasteiger partial charge < -0.3 is 15.4 Å². The van der Waals surface area contributed by atoms with Crippen LogP contribution in [0, 0.1) is 0 Å². The summed E-state index contributed by atoms with van der Waals surface area (Å²) in [4.78, 5) is 2.40. The zero-order valence-electron chi connectivity index (χ0n) is 11.2. The minimum atomic E-state index is -3.24. The van der Waals surface area contributed by atoms with Crippen LogP contribution in [-0.4, -0.2) is 46.5 Å². The number of hydrogen-bond donors (Lipinski definition) is 1. The number of anilines is 1. The first-order valence-electron chi connectivity index (χ1n) is 6.31. The van der Waals surface area contributed by atoms with Crippen LogP contribution in [0.2, 0.25) is 0 Å². The molecular formula is C13H20N2O3S. The Labute approximate surface area is 114 Å². The third-order valence-electron chi connectivity index (χ3n) is 3.19. The highest BCUT2D eigenvalue weighted by Gasteiger charge is 2.27. The van der Waals surface area contributed by atoms with E-state index < -0.39 is 9.84 Å². The van der Waals surface area contributed by atoms with Crippen molar-refractivity contribution in [1.29, 1.82) is 0 Å². The Bertz CT molecular complexity index is 545. The number of sulfone groups is 1. The fourth-order valence-corrected chi connectivity index (χ4v) is 3.31. The van der Waals surface area contributed by atoms with Gasteiger partial charge in [-0.2, -0.15) is 0 Å². The number of para-hydroxylation sites is 1. The van der Waals surface area contributed by atoms with Gasteiger partial charge in [0, 0.05) is 25.9 Å². The van der Waals surface area contributed by atoms with Crippen molar-refractivity contribution in [2.45, 2.75) is 24.0 Å². The van der Waals surface area contributed by atoms with Crippen molar-refractivity contribution in [3.05, 3.63) is 24.3 Å². The third-order valence-corrected chi connectivity index (χ3v) is 4.34. The largest absolute Gasteiger partial charge is 0.370 e. The van der Waals surface area contributed by atoms with E-state index in [2.05, 4.69) is 0 Å². The number of morpholine rings is 1. The third kappa shape index (κ3) is 3.26. The van der Waals surface area contributed by atoms with E-state index in [1.807, 2.05) is 24.0 Å². The van der Waals surface area contributed by atoms with Gasteiger partial charge in [0.25, 0.3) is 0 Å². The van der Waals surface area contributed by atoms with Crippen LogP contribution in [0.25, 0.3) is 0 Å². The number of ether oxygens (including phenoxy) is 1. The van der Waals surface area contributed by atoms with Gasteiger partial charge in [-0.05, 0) is 19.1 Å². The van der Waals surface area contributed by atoms with Crippen LogP contribution in [0.5, 0.6) is 0 Å². The molecule has 2 atom stereocenters. The molecule has 0 amide bonds. The van der Waals surface area contributed by atoms with Gasteiger partial charge >= 0.3 is 0 Å². The average molecular weight is 284 g/mol. The quantitative estimate of drug-likeness (QED) is 0.882. The second-order valence-electron chi connectivity index (χ2n) is 4.95. The van der Waals surface area contributed by atoms with Crippen molar-refractivity contribution in [1.82, 2.24) is 0 Å². The van der Waals surface area contributed by atoms with E-state index in [0.29, 0.717) is 24.5 Å². The molecular weight excluding hydrogens is 264 g/mol. The lowest BCUT2D eigenvalue weighted by Gasteiger charge is -2.38. The van der Waals surface area contributed by atoms with E-state index in [1.54, 1.807) is 12.1 Å². The van der Waals surface area contributed by atoms with Crippen molar-refractivity contribution in [2.24, 2.45) is 5.73 Å². The molecule has 0 aliphatic carbocycles. The molecule has 1 heterocycles. The molecule has 1 saturated heterocycles. The van der Waals surface area contributed by atoms with Gasteiger partial charge in [0.15, 0.2) is 9.84 Å². The molecule has 19 heavy (non-hydrogen) atoms. The van der Waals surface area contributed by atoms with Crippen molar-refractivity contribution in [2.75, 3.05) is 30.8 Å². The minimum Gasteiger partial charge on any atom is -0.370 e. The van der Waals surface area contributed by atoms with E-state index in [0.717, 1.165) is 5.69 Å². The molecule has 2 rings (SSSR count). The van der Waals surface area contributed by atoms with Gasteiger partial charge in [0.05, 0.1) is 22.8 Å². The standard InChI is InChI=1S/C13H20N2O3S/c1-10-8-15(9-11(7-14)18-10)12-5-3-4-6-13(12)19(2,16)17/h3-6,10-11H,7-9,14H2,1-2H3. The first-order valence-corrected chi connectivity index (χ1v) is 8.20. The summed E-state index contributed by atoms with van der Waals surface area (Å²) in [6.45, 7) is 3.69. The summed E-state index contributed by atoms with van der Waals surface area (Å²) in [5.74, 6) is 0. The number of nitrogens with two attached hydrogens (primary N) is 1. The molecule has 6 heteroatoms. The van der Waals surface area contributed by atoms with Crippen LogP contribution in [0.1, 0.15) is 6.92 Å². The van der Waals surface area contributed by atoms with Gasteiger partial charge in [0.2, 0.25) is 0 Å². The molecule has 0 bridgehead atoms. The summed E-state index contributed by atoms with van der Waals surface area (Å²) in [6.07, 6.45) is 1.21. The first kappa shape index (κ1) is 14.3. The Morgan fingerprint density at radius 3 is 2.68 bits per heavy atom. The molecule has 106 valence electrons. The van der Waals surface area contributed by atoms with Crippen molar-refractivity contribution in [3.63, 3.8) is 0 Å². The minimum absolute atomic E-state index is 0.0370. The van der Waals surface area contributed by atoms with Gasteiger partial charge in [-0.25, -0.2) is 8.42 Å². The molecule has 1 fully saturated rings. The highest BCUT2D eigenvalue weighted by molar-refractivity contribution is 7.90. The maximum absolute atomic E-state index is 11.8. The lowest BCUT2D eigenvalue weighted by atomic mass is 10.2. The lowest BCUT2D eigenvalue weighted by molar-refractivity contribution is -0.0106. The highest BCUT2D eigenvalue weighted by Crippen LogP contribution is 2.27. The molecule has 2 unspecified atom stereocenters. The first-order chi connectivity index (χ1) is 8.91. The van der Waals surface area contributed by atoms with E-state index in [9.17, 15) is 8.42 Å². The van der Waals surface area contributed by atoms with E-state index in [1.165, 1.54) is 6.26 Å². The van der Waals surface area contributed by atoms with Crippen LogP contribution in [0.15, 0.2) is 29.2 Å². The van der Waals surface area contributed by atoms with E-state index >= 15 is 0 Å². The molecule has 0 radical (unpaired) electrons. The Morgan fingerprint density at radius 1 is 1.37 bits per heavy atom. The smallest absolute Gasteiger partial charge is 0.177 e. The number of benzene rings is 1. The highest BCUT2D eigenvalue weighted by atomic mass is 32.2. The second kappa shape index (κ2) is 5.48. The van der Waals surface area contributed by atoms with Crippen molar-refractivity contribution in [3.8, 4) is 0 Å². The van der Waals surface area contributed by atoms with Crippen molar-refractivity contribution < 1.29 is 13.2 Å². The van der Waals surface area contributed by atoms with Crippen LogP contribution >= 0.6 is 0 Å². The topological polar surface area (TPSA) is 72.6 Å². The SMILES string of the molecule is CC1CN(c2ccccc2S(C)(=O)=O)CC(CN)O1. The summed E-state index contributed by atoms with van der Waals surface area (Å²) >= 11 is 0. The molecule has 2 N–H and O–H groups in total. The molecule has 1 aliphatic heterocycles. The van der Waals surface area contributed by atoms with Crippen LogP contribution < -0.4 is 10.6 Å². The normalized spacial score (nSPS) is 24.5. The van der Waals surface area contributed by atoms with Crippen LogP contribution in [0.3, 0.4) is 0 Å². The maximum atomic E-state index is 11.8. The monoisotopic (exact) mass is 284 g/mol. The number of rotatable bonds is 3. The summed E-state index contributed by atoms with van der Waals surface area (Å²) in [6, 6.07) is 7.07. The van der Waals surface area contributed by atoms with E-state index in [4.69, 9.17) is 10.5 Å². The fraction of sp³-hybridized carbons (Fsp3) is 0.538. The zero-order chi connectivity index (χ0) is 14.0. The Morgan fingerprint density at radius 2 is 2.05 bits per heavy atom. The lowest BCUT2D eigenvalue weighted by Crippen LogP contribution is -2.49. The molecule has 1 aromatic rings. The van der Waals surface area contributed by atoms with E-state index in [-0.39, 0.29) is 12.2 Å². The predicted molar refractivity (Wildman–Crippen MR) is 75.2 cm³/mol. The number of hydrogen-bond acceptors (Lipinski definition) is 5. The molecule has 1 aromatic carbocycles. The fourth-order valence-electron chi connectivity index (χ4n) is 2.40. The second-order valence-corrected chi connectivity index (χ2v) is 6.93. The van der Waals surface area contributed by atoms with Crippen molar-refractivity contribution >= 4 is 15.5 Å². The summed E-state index contributed by atoms with van der Waals surface area (Å²) < 4.78 is 29.4. The molecule has 0 saturated carbocycles. The predicted octanol–water partition coefficient (Wildman–Crippen LogP) is 0.643. The Kier molecular flexibility index (Phi) is 4.13. The molecule has 1 aliphatic rings. The molecule has 0 spiro atoms. The number of nitrogens with zero attached hydrogens (tertiary/aromatic N) is 1. The molecule has 0 aromatic heterocycles. The van der Waals surface area contributed by atoms with Gasteiger partial charge in [0.1, 0.15) is 0 Å². The summed E-state index contributed by atoms with van der Waals surface area (Å²) in [7, 11) is -3.24. The Balaban J connectivity index is 2.36. The average Bonchev–Trinajstić information content (AvgIpc) is 2.37.